The van der Waals surface area contributed by atoms with Gasteiger partial charge in [-0.15, -0.1) is 0 Å². The van der Waals surface area contributed by atoms with Crippen LogP contribution in [0.4, 0.5) is 0 Å². The molecular weight excluding hydrogens is 248 g/mol. The molecular formula is C13H30N2O4. The molecule has 0 radical (unpaired) electrons. The normalized spacial score (nSPS) is 9.58. The molecule has 0 atom stereocenters. The van der Waals surface area contributed by atoms with Crippen molar-refractivity contribution >= 4 is 11.9 Å². The molecule has 0 aliphatic heterocycles. The molecule has 0 rings (SSSR count). The Morgan fingerprint density at radius 2 is 1.21 bits per heavy atom. The van der Waals surface area contributed by atoms with Crippen molar-refractivity contribution in [2.45, 2.75) is 39.5 Å². The summed E-state index contributed by atoms with van der Waals surface area (Å²) >= 11 is 0. The van der Waals surface area contributed by atoms with Crippen LogP contribution in [0.15, 0.2) is 0 Å². The Kier molecular flexibility index (Phi) is 18.1. The van der Waals surface area contributed by atoms with Crippen molar-refractivity contribution in [3.63, 3.8) is 0 Å². The monoisotopic (exact) mass is 278 g/mol. The van der Waals surface area contributed by atoms with Crippen molar-refractivity contribution in [1.29, 1.82) is 0 Å². The van der Waals surface area contributed by atoms with E-state index in [0.29, 0.717) is 0 Å². The van der Waals surface area contributed by atoms with Gasteiger partial charge in [0.15, 0.2) is 0 Å². The van der Waals surface area contributed by atoms with Gasteiger partial charge >= 0.3 is 0 Å². The molecule has 0 amide bonds. The summed E-state index contributed by atoms with van der Waals surface area (Å²) in [4.78, 5) is 17.8. The number of aliphatic carboxylic acids is 2. The average Bonchev–Trinajstić information content (AvgIpc) is 2.13. The van der Waals surface area contributed by atoms with Crippen LogP contribution < -0.4 is 15.9 Å². The van der Waals surface area contributed by atoms with Crippen molar-refractivity contribution in [2.24, 2.45) is 0 Å². The lowest BCUT2D eigenvalue weighted by Crippen LogP contribution is -2.50. The maximum absolute atomic E-state index is 8.89. The maximum atomic E-state index is 8.89. The number of carbonyl (C=O) groups excluding carboxylic acids is 2. The van der Waals surface area contributed by atoms with Crippen molar-refractivity contribution in [3.05, 3.63) is 0 Å². The molecule has 0 aliphatic carbocycles. The van der Waals surface area contributed by atoms with E-state index in [1.807, 2.05) is 0 Å². The van der Waals surface area contributed by atoms with Crippen LogP contribution in [0, 0.1) is 0 Å². The second-order valence-corrected chi connectivity index (χ2v) is 5.26. The summed E-state index contributed by atoms with van der Waals surface area (Å²) in [6.45, 7) is 4.35. The van der Waals surface area contributed by atoms with Gasteiger partial charge in [-0.25, -0.2) is 0 Å². The third-order valence-electron chi connectivity index (χ3n) is 1.83. The van der Waals surface area contributed by atoms with E-state index in [2.05, 4.69) is 26.9 Å². The smallest absolute Gasteiger partial charge is 0.0780 e. The van der Waals surface area contributed by atoms with E-state index in [9.17, 15) is 0 Å². The fourth-order valence-electron chi connectivity index (χ4n) is 1.12. The molecule has 0 saturated heterocycles. The molecule has 0 unspecified atom stereocenters. The lowest BCUT2D eigenvalue weighted by molar-refractivity contribution is -0.870. The molecule has 0 saturated carbocycles. The lowest BCUT2D eigenvalue weighted by Gasteiger charge is -2.23. The number of carboxylic acids is 2. The summed E-state index contributed by atoms with van der Waals surface area (Å²) in [7, 11) is 6.75. The zero-order chi connectivity index (χ0) is 15.9. The van der Waals surface area contributed by atoms with Crippen LogP contribution in [-0.2, 0) is 9.59 Å². The van der Waals surface area contributed by atoms with Crippen molar-refractivity contribution in [2.75, 3.05) is 34.2 Å². The van der Waals surface area contributed by atoms with E-state index >= 15 is 0 Å². The van der Waals surface area contributed by atoms with Gasteiger partial charge in [0, 0.05) is 11.9 Å². The molecule has 6 nitrogen and oxygen atoms in total. The number of unbranched alkanes of at least 4 members (excludes halogenated alkanes) is 3. The summed E-state index contributed by atoms with van der Waals surface area (Å²) in [5, 5.41) is 17.8. The van der Waals surface area contributed by atoms with Gasteiger partial charge in [-0.05, 0) is 39.5 Å². The van der Waals surface area contributed by atoms with Gasteiger partial charge < -0.3 is 30.0 Å². The summed E-state index contributed by atoms with van der Waals surface area (Å²) in [6.07, 6.45) is 5.41. The third kappa shape index (κ3) is 79.1. The molecule has 0 spiro atoms. The third-order valence-corrected chi connectivity index (χ3v) is 1.83. The van der Waals surface area contributed by atoms with Gasteiger partial charge in [-0.1, -0.05) is 0 Å². The van der Waals surface area contributed by atoms with Crippen LogP contribution in [0.1, 0.15) is 39.5 Å². The van der Waals surface area contributed by atoms with Crippen LogP contribution >= 0.6 is 0 Å². The van der Waals surface area contributed by atoms with E-state index in [1.54, 1.807) is 0 Å². The number of carbonyl (C=O) groups is 2. The van der Waals surface area contributed by atoms with Gasteiger partial charge in [0.25, 0.3) is 0 Å². The number of hydrogen-bond donors (Lipinski definition) is 1. The predicted molar refractivity (Wildman–Crippen MR) is 70.5 cm³/mol. The van der Waals surface area contributed by atoms with E-state index in [0.717, 1.165) is 24.9 Å². The summed E-state index contributed by atoms with van der Waals surface area (Å²) in [6, 6.07) is 0. The second kappa shape index (κ2) is 14.9. The largest absolute Gasteiger partial charge is 0.550 e. The number of nitrogens with zero attached hydrogens (tertiary/aromatic N) is 1. The van der Waals surface area contributed by atoms with E-state index < -0.39 is 11.9 Å². The number of hydrogen-bond acceptors (Lipinski definition) is 4. The first-order chi connectivity index (χ1) is 8.52. The lowest BCUT2D eigenvalue weighted by atomic mass is 10.2. The van der Waals surface area contributed by atoms with Crippen LogP contribution in [0.3, 0.4) is 0 Å². The zero-order valence-electron chi connectivity index (χ0n) is 13.0. The second-order valence-electron chi connectivity index (χ2n) is 5.26. The topological polar surface area (TPSA) is 108 Å². The average molecular weight is 278 g/mol. The highest BCUT2D eigenvalue weighted by molar-refractivity contribution is 5.60. The van der Waals surface area contributed by atoms with Crippen LogP contribution in [0.25, 0.3) is 0 Å². The Hall–Kier alpha value is -1.14. The summed E-state index contributed by atoms with van der Waals surface area (Å²) in [5.74, 6) is -2.17. The van der Waals surface area contributed by atoms with Gasteiger partial charge in [0.1, 0.15) is 0 Å². The quantitative estimate of drug-likeness (QED) is 0.448. The Bertz CT molecular complexity index is 205. The number of carboxylic acid groups (broad SMARTS) is 2. The van der Waals surface area contributed by atoms with E-state index in [4.69, 9.17) is 19.8 Å². The summed E-state index contributed by atoms with van der Waals surface area (Å²) < 4.78 is 1.10. The molecule has 0 bridgehead atoms. The van der Waals surface area contributed by atoms with Crippen molar-refractivity contribution in [3.8, 4) is 0 Å². The highest BCUT2D eigenvalue weighted by Gasteiger charge is 2.04. The predicted octanol–water partition coefficient (Wildman–Crippen LogP) is -1.99. The maximum Gasteiger partial charge on any atom is 0.0780 e. The molecule has 19 heavy (non-hydrogen) atoms. The first-order valence-electron chi connectivity index (χ1n) is 6.47. The molecule has 6 heteroatoms. The highest BCUT2D eigenvalue weighted by Crippen LogP contribution is 2.01. The highest BCUT2D eigenvalue weighted by atomic mass is 16.4. The van der Waals surface area contributed by atoms with E-state index in [1.165, 1.54) is 32.2 Å². The molecule has 0 aromatic heterocycles. The minimum absolute atomic E-state index is 0.972. The molecule has 0 fully saturated rings. The van der Waals surface area contributed by atoms with Crippen molar-refractivity contribution in [1.82, 2.24) is 0 Å². The first kappa shape index (κ1) is 23.0. The van der Waals surface area contributed by atoms with Gasteiger partial charge in [-0.3, -0.25) is 0 Å². The van der Waals surface area contributed by atoms with Gasteiger partial charge in [0.2, 0.25) is 0 Å². The summed E-state index contributed by atoms with van der Waals surface area (Å²) in [5.41, 5.74) is 3.83. The Morgan fingerprint density at radius 3 is 1.47 bits per heavy atom. The molecule has 3 N–H and O–H groups in total. The van der Waals surface area contributed by atoms with Crippen LogP contribution in [0.2, 0.25) is 0 Å². The minimum Gasteiger partial charge on any atom is -0.550 e. The minimum atomic E-state index is -1.08. The number of quaternary nitrogens is 2. The fourth-order valence-corrected chi connectivity index (χ4v) is 1.12. The SMILES string of the molecule is CC(=O)[O-].CC(=O)[O-].C[N+](C)(C)CCCCCC[NH3+]. The number of rotatable bonds is 6. The standard InChI is InChI=1S/C9H23N2.2C2H4O2/c1-11(2,3)9-7-5-4-6-8-10;2*1-2(3)4/h4-10H2,1-3H3;2*1H3,(H,3,4)/q+1;;/p-1. The molecule has 0 aromatic rings. The van der Waals surface area contributed by atoms with Gasteiger partial charge in [-0.2, -0.15) is 0 Å². The Labute approximate surface area is 116 Å². The molecule has 0 aromatic carbocycles. The zero-order valence-corrected chi connectivity index (χ0v) is 13.0. The van der Waals surface area contributed by atoms with Crippen LogP contribution in [0.5, 0.6) is 0 Å². The fraction of sp³-hybridized carbons (Fsp3) is 0.846. The van der Waals surface area contributed by atoms with Crippen molar-refractivity contribution < 1.29 is 30.0 Å². The Morgan fingerprint density at radius 1 is 0.895 bits per heavy atom. The Balaban J connectivity index is -0.000000264. The molecule has 0 heterocycles. The molecule has 116 valence electrons. The van der Waals surface area contributed by atoms with Crippen LogP contribution in [-0.4, -0.2) is 50.7 Å². The first-order valence-corrected chi connectivity index (χ1v) is 6.47. The van der Waals surface area contributed by atoms with E-state index in [-0.39, 0.29) is 0 Å². The van der Waals surface area contributed by atoms with Gasteiger partial charge in [0.05, 0.1) is 34.2 Å². The molecule has 0 aliphatic rings.